The fourth-order valence-electron chi connectivity index (χ4n) is 2.64. The van der Waals surface area contributed by atoms with Crippen molar-refractivity contribution in [2.75, 3.05) is 5.32 Å². The molecule has 1 unspecified atom stereocenters. The fraction of sp³-hybridized carbons (Fsp3) is 0.478. The summed E-state index contributed by atoms with van der Waals surface area (Å²) in [5.41, 5.74) is 3.46. The monoisotopic (exact) mass is 496 g/mol. The van der Waals surface area contributed by atoms with Crippen LogP contribution in [-0.2, 0) is 21.1 Å². The fourth-order valence-corrected chi connectivity index (χ4v) is 3.35. The van der Waals surface area contributed by atoms with Crippen molar-refractivity contribution < 1.29 is 27.9 Å². The number of esters is 1. The van der Waals surface area contributed by atoms with Gasteiger partial charge >= 0.3 is 5.97 Å². The van der Waals surface area contributed by atoms with Crippen LogP contribution in [0.25, 0.3) is 0 Å². The van der Waals surface area contributed by atoms with Gasteiger partial charge in [-0.25, -0.2) is 13.6 Å². The van der Waals surface area contributed by atoms with Crippen LogP contribution in [0.2, 0.25) is 0 Å². The molecule has 2 aromatic rings. The molecule has 2 rings (SSSR count). The normalized spacial score (nSPS) is 14.1. The van der Waals surface area contributed by atoms with Gasteiger partial charge in [0, 0.05) is 23.6 Å². The van der Waals surface area contributed by atoms with E-state index in [2.05, 4.69) is 10.3 Å². The zero-order chi connectivity index (χ0) is 25.8. The molecule has 0 saturated heterocycles. The zero-order valence-corrected chi connectivity index (χ0v) is 20.9. The second-order valence-electron chi connectivity index (χ2n) is 9.67. The number of thiazole rings is 1. The Morgan fingerprint density at radius 2 is 1.76 bits per heavy atom. The summed E-state index contributed by atoms with van der Waals surface area (Å²) in [6, 6.07) is 1.62. The minimum atomic E-state index is -1.19. The van der Waals surface area contributed by atoms with Crippen molar-refractivity contribution in [3.63, 3.8) is 0 Å². The van der Waals surface area contributed by atoms with Crippen LogP contribution in [0.3, 0.4) is 0 Å². The van der Waals surface area contributed by atoms with Crippen molar-refractivity contribution in [3.05, 3.63) is 45.7 Å². The van der Waals surface area contributed by atoms with Crippen molar-refractivity contribution in [1.82, 2.24) is 4.57 Å². The second-order valence-corrected chi connectivity index (χ2v) is 10.5. The molecule has 0 bridgehead atoms. The molecule has 0 aliphatic heterocycles. The number of benzene rings is 1. The minimum Gasteiger partial charge on any atom is -0.442 e. The predicted octanol–water partition coefficient (Wildman–Crippen LogP) is 3.82. The van der Waals surface area contributed by atoms with Crippen LogP contribution in [-0.4, -0.2) is 27.9 Å². The van der Waals surface area contributed by atoms with E-state index in [4.69, 9.17) is 10.5 Å². The van der Waals surface area contributed by atoms with E-state index < -0.39 is 40.6 Å². The molecule has 8 nitrogen and oxygen atoms in total. The number of nitrogens with two attached hydrogens (primary N) is 1. The number of ether oxygens (including phenoxy) is 1. The summed E-state index contributed by atoms with van der Waals surface area (Å²) in [6.45, 7) is 10.4. The summed E-state index contributed by atoms with van der Waals surface area (Å²) >= 11 is 1.07. The Bertz CT molecular complexity index is 1120. The van der Waals surface area contributed by atoms with E-state index in [1.807, 2.05) is 20.8 Å². The third-order valence-corrected chi connectivity index (χ3v) is 5.87. The molecule has 0 spiro atoms. The van der Waals surface area contributed by atoms with E-state index in [1.165, 1.54) is 4.57 Å². The first kappa shape index (κ1) is 27.3. The molecule has 0 saturated carbocycles. The van der Waals surface area contributed by atoms with Gasteiger partial charge in [-0.3, -0.25) is 14.2 Å². The van der Waals surface area contributed by atoms with E-state index in [9.17, 15) is 23.2 Å². The van der Waals surface area contributed by atoms with Crippen LogP contribution < -0.4 is 15.9 Å². The molecule has 1 atom stereocenters. The highest BCUT2D eigenvalue weighted by Crippen LogP contribution is 2.24. The van der Waals surface area contributed by atoms with Gasteiger partial charge in [-0.2, -0.15) is 4.99 Å². The lowest BCUT2D eigenvalue weighted by Crippen LogP contribution is -2.50. The van der Waals surface area contributed by atoms with E-state index in [0.29, 0.717) is 0 Å². The molecule has 0 radical (unpaired) electrons. The number of halogens is 2. The molecular formula is C23H30F2N4O4S. The summed E-state index contributed by atoms with van der Waals surface area (Å²) in [5, 5.41) is 3.82. The van der Waals surface area contributed by atoms with Crippen molar-refractivity contribution in [2.45, 2.75) is 60.2 Å². The molecule has 2 amide bonds. The van der Waals surface area contributed by atoms with Gasteiger partial charge in [-0.05, 0) is 30.4 Å². The number of carbonyl (C=O) groups is 3. The van der Waals surface area contributed by atoms with Crippen LogP contribution in [0.5, 0.6) is 0 Å². The third kappa shape index (κ3) is 7.04. The molecule has 0 fully saturated rings. The quantitative estimate of drug-likeness (QED) is 0.566. The number of aromatic nitrogens is 1. The summed E-state index contributed by atoms with van der Waals surface area (Å²) in [6.07, 6.45) is 1.60. The van der Waals surface area contributed by atoms with Gasteiger partial charge in [0.25, 0.3) is 5.91 Å². The largest absolute Gasteiger partial charge is 0.442 e. The van der Waals surface area contributed by atoms with E-state index in [0.717, 1.165) is 23.5 Å². The van der Waals surface area contributed by atoms with Gasteiger partial charge in [0.15, 0.2) is 23.2 Å². The van der Waals surface area contributed by atoms with E-state index >= 15 is 0 Å². The van der Waals surface area contributed by atoms with Crippen LogP contribution in [0.4, 0.5) is 14.5 Å². The number of anilines is 1. The first-order valence-electron chi connectivity index (χ1n) is 10.6. The van der Waals surface area contributed by atoms with Crippen LogP contribution in [0, 0.1) is 23.0 Å². The first-order chi connectivity index (χ1) is 15.6. The molecule has 11 heteroatoms. The Kier molecular flexibility index (Phi) is 8.49. The maximum Gasteiger partial charge on any atom is 0.327 e. The molecule has 1 heterocycles. The molecule has 1 aromatic carbocycles. The summed E-state index contributed by atoms with van der Waals surface area (Å²) in [7, 11) is 0. The molecule has 0 aliphatic carbocycles. The van der Waals surface area contributed by atoms with Gasteiger partial charge in [-0.1, -0.05) is 34.6 Å². The predicted molar refractivity (Wildman–Crippen MR) is 125 cm³/mol. The Balaban J connectivity index is 2.20. The standard InChI is InChI=1S/C23H30F2N4O4S/c1-13(2)23(6,26)20(32)33-12-29-7-8-34-21(29)28-19(31)14-9-15(24)18(16(25)10-14)27-17(30)11-22(3,4)5/h7-10,13H,11-12,26H2,1-6H3,(H,27,30)/b28-21-. The first-order valence-corrected chi connectivity index (χ1v) is 11.5. The summed E-state index contributed by atoms with van der Waals surface area (Å²) in [5.74, 6) is -4.42. The number of rotatable bonds is 7. The topological polar surface area (TPSA) is 116 Å². The molecule has 3 N–H and O–H groups in total. The van der Waals surface area contributed by atoms with Crippen molar-refractivity contribution in [2.24, 2.45) is 22.1 Å². The number of carbonyl (C=O) groups excluding carboxylic acids is 3. The van der Waals surface area contributed by atoms with Crippen molar-refractivity contribution in [3.8, 4) is 0 Å². The number of nitrogens with zero attached hydrogens (tertiary/aromatic N) is 2. The molecule has 34 heavy (non-hydrogen) atoms. The lowest BCUT2D eigenvalue weighted by atomic mass is 9.90. The molecule has 186 valence electrons. The average Bonchev–Trinajstić information content (AvgIpc) is 3.13. The van der Waals surface area contributed by atoms with Gasteiger partial charge < -0.3 is 15.8 Å². The highest BCUT2D eigenvalue weighted by molar-refractivity contribution is 7.07. The SMILES string of the molecule is CC(C)C(C)(N)C(=O)OCn1ccs/c1=N\C(=O)c1cc(F)c(NC(=O)CC(C)(C)C)c(F)c1. The van der Waals surface area contributed by atoms with Crippen LogP contribution >= 0.6 is 11.3 Å². The Labute approximate surface area is 200 Å². The zero-order valence-electron chi connectivity index (χ0n) is 20.1. The van der Waals surface area contributed by atoms with Gasteiger partial charge in [-0.15, -0.1) is 11.3 Å². The van der Waals surface area contributed by atoms with Gasteiger partial charge in [0.1, 0.15) is 11.2 Å². The lowest BCUT2D eigenvalue weighted by molar-refractivity contribution is -0.155. The van der Waals surface area contributed by atoms with E-state index in [1.54, 1.807) is 32.3 Å². The Morgan fingerprint density at radius 1 is 1.18 bits per heavy atom. The van der Waals surface area contributed by atoms with Crippen LogP contribution in [0.1, 0.15) is 58.3 Å². The number of amides is 2. The molecule has 1 aromatic heterocycles. The Morgan fingerprint density at radius 3 is 2.29 bits per heavy atom. The maximum atomic E-state index is 14.5. The van der Waals surface area contributed by atoms with Gasteiger partial charge in [0.05, 0.1) is 0 Å². The number of hydrogen-bond acceptors (Lipinski definition) is 6. The summed E-state index contributed by atoms with van der Waals surface area (Å²) in [4.78, 5) is 40.9. The summed E-state index contributed by atoms with van der Waals surface area (Å²) < 4.78 is 35.6. The second kappa shape index (κ2) is 10.6. The smallest absolute Gasteiger partial charge is 0.327 e. The van der Waals surface area contributed by atoms with Crippen molar-refractivity contribution >= 4 is 34.8 Å². The van der Waals surface area contributed by atoms with E-state index in [-0.39, 0.29) is 34.8 Å². The Hall–Kier alpha value is -2.92. The average molecular weight is 497 g/mol. The molecular weight excluding hydrogens is 466 g/mol. The van der Waals surface area contributed by atoms with Crippen molar-refractivity contribution in [1.29, 1.82) is 0 Å². The van der Waals surface area contributed by atoms with Gasteiger partial charge in [0.2, 0.25) is 5.91 Å². The number of hydrogen-bond donors (Lipinski definition) is 2. The third-order valence-electron chi connectivity index (χ3n) is 5.08. The minimum absolute atomic E-state index is 0.0608. The lowest BCUT2D eigenvalue weighted by Gasteiger charge is -2.26. The number of nitrogens with one attached hydrogen (secondary N) is 1. The maximum absolute atomic E-state index is 14.5. The highest BCUT2D eigenvalue weighted by Gasteiger charge is 2.33. The van der Waals surface area contributed by atoms with Crippen LogP contribution in [0.15, 0.2) is 28.7 Å². The highest BCUT2D eigenvalue weighted by atomic mass is 32.1. The molecule has 0 aliphatic rings.